The lowest BCUT2D eigenvalue weighted by molar-refractivity contribution is 0.0343. The first-order valence-corrected chi connectivity index (χ1v) is 14.8. The van der Waals surface area contributed by atoms with Crippen molar-refractivity contribution in [2.75, 3.05) is 31.5 Å². The second-order valence-corrected chi connectivity index (χ2v) is 12.1. The number of anilines is 1. The first-order valence-electron chi connectivity index (χ1n) is 13.3. The summed E-state index contributed by atoms with van der Waals surface area (Å²) in [7, 11) is -2.06. The van der Waals surface area contributed by atoms with Crippen molar-refractivity contribution in [1.29, 1.82) is 0 Å². The van der Waals surface area contributed by atoms with Gasteiger partial charge in [0.2, 0.25) is 0 Å². The van der Waals surface area contributed by atoms with Crippen LogP contribution in [0.3, 0.4) is 0 Å². The number of aliphatic hydroxyl groups excluding tert-OH is 1. The lowest BCUT2D eigenvalue weighted by Gasteiger charge is -2.38. The molecule has 0 radical (unpaired) electrons. The Morgan fingerprint density at radius 2 is 1.78 bits per heavy atom. The second-order valence-electron chi connectivity index (χ2n) is 10.4. The molecule has 1 heterocycles. The lowest BCUT2D eigenvalue weighted by atomic mass is 9.99. The quantitative estimate of drug-likeness (QED) is 0.331. The van der Waals surface area contributed by atoms with E-state index in [0.717, 1.165) is 5.56 Å². The number of amides is 1. The van der Waals surface area contributed by atoms with E-state index in [-0.39, 0.29) is 45.9 Å². The van der Waals surface area contributed by atoms with Gasteiger partial charge in [0.25, 0.3) is 15.9 Å². The van der Waals surface area contributed by atoms with E-state index in [1.54, 1.807) is 72.5 Å². The first-order chi connectivity index (χ1) is 19.5. The fourth-order valence-electron chi connectivity index (χ4n) is 4.78. The Labute approximate surface area is 240 Å². The number of carboxylic acids is 1. The van der Waals surface area contributed by atoms with Gasteiger partial charge in [-0.1, -0.05) is 43.3 Å². The summed E-state index contributed by atoms with van der Waals surface area (Å²) < 4.78 is 35.5. The van der Waals surface area contributed by atoms with Gasteiger partial charge in [-0.2, -0.15) is 0 Å². The average Bonchev–Trinajstić information content (AvgIpc) is 2.95. The van der Waals surface area contributed by atoms with Crippen molar-refractivity contribution in [3.05, 3.63) is 89.5 Å². The van der Waals surface area contributed by atoms with E-state index in [0.29, 0.717) is 19.6 Å². The molecule has 11 heteroatoms. The molecule has 10 nitrogen and oxygen atoms in total. The number of sulfonamides is 1. The third-order valence-corrected chi connectivity index (χ3v) is 8.52. The maximum absolute atomic E-state index is 13.7. The number of rotatable bonds is 10. The van der Waals surface area contributed by atoms with Crippen molar-refractivity contribution in [2.24, 2.45) is 5.92 Å². The Kier molecular flexibility index (Phi) is 9.31. The third-order valence-electron chi connectivity index (χ3n) is 7.13. The van der Waals surface area contributed by atoms with E-state index < -0.39 is 28.1 Å². The summed E-state index contributed by atoms with van der Waals surface area (Å²) in [6.07, 6.45) is -0.457. The summed E-state index contributed by atoms with van der Waals surface area (Å²) in [5.41, 5.74) is 1.46. The number of carboxylic acid groups (broad SMARTS) is 1. The largest absolute Gasteiger partial charge is 0.486 e. The van der Waals surface area contributed by atoms with Crippen LogP contribution in [-0.4, -0.2) is 79.2 Å². The molecule has 3 atom stereocenters. The van der Waals surface area contributed by atoms with Gasteiger partial charge in [0, 0.05) is 25.6 Å². The van der Waals surface area contributed by atoms with Gasteiger partial charge < -0.3 is 19.8 Å². The number of hydrogen-bond acceptors (Lipinski definition) is 7. The van der Waals surface area contributed by atoms with Crippen LogP contribution in [0.4, 0.5) is 5.69 Å². The minimum Gasteiger partial charge on any atom is -0.486 e. The fraction of sp³-hybridized carbons (Fsp3) is 0.333. The summed E-state index contributed by atoms with van der Waals surface area (Å²) in [5.74, 6) is -1.41. The molecule has 218 valence electrons. The Morgan fingerprint density at radius 1 is 1.10 bits per heavy atom. The molecule has 0 spiro atoms. The number of likely N-dealkylation sites (N-methyl/N-ethyl adjacent to an activating group) is 1. The standard InChI is InChI=1S/C30H35N3O7S/c1-20-16-33(21(2)19-34)29(35)25-10-7-11-26(31-41(38,39)24-8-5-4-6-9-24)28(25)40-27(20)18-32(3)17-22-12-14-23(15-13-22)30(36)37/h4-15,20-21,27,31,34H,16-19H2,1-3H3,(H,36,37)/t20-,21+,27-/m0/s1. The number of nitrogens with one attached hydrogen (secondary N) is 1. The van der Waals surface area contributed by atoms with E-state index in [2.05, 4.69) is 4.72 Å². The van der Waals surface area contributed by atoms with Crippen LogP contribution in [0.2, 0.25) is 0 Å². The first kappa shape index (κ1) is 30.0. The van der Waals surface area contributed by atoms with Crippen molar-refractivity contribution in [1.82, 2.24) is 9.80 Å². The van der Waals surface area contributed by atoms with E-state index in [1.165, 1.54) is 12.1 Å². The van der Waals surface area contributed by atoms with Crippen molar-refractivity contribution in [3.8, 4) is 5.75 Å². The predicted molar refractivity (Wildman–Crippen MR) is 155 cm³/mol. The summed E-state index contributed by atoms with van der Waals surface area (Å²) >= 11 is 0. The highest BCUT2D eigenvalue weighted by molar-refractivity contribution is 7.92. The normalized spacial score (nSPS) is 18.2. The van der Waals surface area contributed by atoms with Crippen LogP contribution in [0.25, 0.3) is 0 Å². The molecular weight excluding hydrogens is 546 g/mol. The molecule has 0 saturated heterocycles. The van der Waals surface area contributed by atoms with Crippen molar-refractivity contribution < 1.29 is 33.0 Å². The van der Waals surface area contributed by atoms with E-state index in [9.17, 15) is 28.2 Å². The second kappa shape index (κ2) is 12.7. The van der Waals surface area contributed by atoms with Gasteiger partial charge in [0.1, 0.15) is 6.10 Å². The minimum absolute atomic E-state index is 0.0730. The highest BCUT2D eigenvalue weighted by Gasteiger charge is 2.35. The van der Waals surface area contributed by atoms with Gasteiger partial charge in [0.05, 0.1) is 34.4 Å². The van der Waals surface area contributed by atoms with Crippen LogP contribution in [0.5, 0.6) is 5.75 Å². The predicted octanol–water partition coefficient (Wildman–Crippen LogP) is 3.54. The smallest absolute Gasteiger partial charge is 0.335 e. The SMILES string of the molecule is C[C@H](CO)N1C[C@H](C)[C@H](CN(C)Cc2ccc(C(=O)O)cc2)Oc2c(NS(=O)(=O)c3ccccc3)cccc2C1=O. The molecule has 4 rings (SSSR count). The molecular formula is C30H35N3O7S. The van der Waals surface area contributed by atoms with Gasteiger partial charge in [-0.05, 0) is 55.9 Å². The molecule has 3 aromatic rings. The Bertz CT molecular complexity index is 1480. The highest BCUT2D eigenvalue weighted by Crippen LogP contribution is 2.36. The molecule has 0 fully saturated rings. The summed E-state index contributed by atoms with van der Waals surface area (Å²) in [5, 5.41) is 19.1. The van der Waals surface area contributed by atoms with Crippen LogP contribution in [0, 0.1) is 5.92 Å². The molecule has 3 N–H and O–H groups in total. The molecule has 1 aliphatic heterocycles. The van der Waals surface area contributed by atoms with Crippen LogP contribution in [0.15, 0.2) is 77.7 Å². The number of hydrogen-bond donors (Lipinski definition) is 3. The van der Waals surface area contributed by atoms with Gasteiger partial charge in [-0.25, -0.2) is 13.2 Å². The van der Waals surface area contributed by atoms with E-state index in [1.807, 2.05) is 18.9 Å². The minimum atomic E-state index is -3.97. The summed E-state index contributed by atoms with van der Waals surface area (Å²) in [6.45, 7) is 4.74. The zero-order valence-corrected chi connectivity index (χ0v) is 24.0. The maximum Gasteiger partial charge on any atom is 0.335 e. The van der Waals surface area contributed by atoms with E-state index >= 15 is 0 Å². The number of aliphatic hydroxyl groups is 1. The number of fused-ring (bicyclic) bond motifs is 1. The number of aromatic carboxylic acids is 1. The topological polar surface area (TPSA) is 136 Å². The molecule has 1 aliphatic rings. The third kappa shape index (κ3) is 7.05. The van der Waals surface area contributed by atoms with E-state index in [4.69, 9.17) is 4.74 Å². The number of benzene rings is 3. The maximum atomic E-state index is 13.7. The number of para-hydroxylation sites is 1. The fourth-order valence-corrected chi connectivity index (χ4v) is 5.86. The van der Waals surface area contributed by atoms with Gasteiger partial charge >= 0.3 is 5.97 Å². The lowest BCUT2D eigenvalue weighted by Crippen LogP contribution is -2.49. The Morgan fingerprint density at radius 3 is 2.41 bits per heavy atom. The molecule has 0 unspecified atom stereocenters. The molecule has 41 heavy (non-hydrogen) atoms. The van der Waals surface area contributed by atoms with Gasteiger partial charge in [-0.3, -0.25) is 14.4 Å². The molecule has 1 amide bonds. The van der Waals surface area contributed by atoms with Crippen molar-refractivity contribution in [2.45, 2.75) is 37.4 Å². The zero-order valence-electron chi connectivity index (χ0n) is 23.2. The van der Waals surface area contributed by atoms with Gasteiger partial charge in [0.15, 0.2) is 5.75 Å². The van der Waals surface area contributed by atoms with Crippen molar-refractivity contribution >= 4 is 27.6 Å². The zero-order chi connectivity index (χ0) is 29.7. The monoisotopic (exact) mass is 581 g/mol. The molecule has 0 bridgehead atoms. The van der Waals surface area contributed by atoms with Crippen LogP contribution < -0.4 is 9.46 Å². The molecule has 3 aromatic carbocycles. The summed E-state index contributed by atoms with van der Waals surface area (Å²) in [6, 6.07) is 18.9. The molecule has 0 aliphatic carbocycles. The molecule has 0 aromatic heterocycles. The number of carbonyl (C=O) groups is 2. The van der Waals surface area contributed by atoms with Crippen molar-refractivity contribution in [3.63, 3.8) is 0 Å². The Balaban J connectivity index is 1.67. The number of nitrogens with zero attached hydrogens (tertiary/aromatic N) is 2. The highest BCUT2D eigenvalue weighted by atomic mass is 32.2. The van der Waals surface area contributed by atoms with Crippen LogP contribution in [-0.2, 0) is 16.6 Å². The Hall–Kier alpha value is -3.93. The summed E-state index contributed by atoms with van der Waals surface area (Å²) in [4.78, 5) is 28.6. The van der Waals surface area contributed by atoms with Gasteiger partial charge in [-0.15, -0.1) is 0 Å². The van der Waals surface area contributed by atoms with Crippen LogP contribution in [0.1, 0.15) is 40.1 Å². The average molecular weight is 582 g/mol. The van der Waals surface area contributed by atoms with Crippen LogP contribution >= 0.6 is 0 Å². The number of carbonyl (C=O) groups excluding carboxylic acids is 1. The molecule has 0 saturated carbocycles. The number of ether oxygens (including phenoxy) is 1.